The molecule has 2 aromatic rings. The van der Waals surface area contributed by atoms with Gasteiger partial charge in [0, 0.05) is 19.2 Å². The van der Waals surface area contributed by atoms with Crippen molar-refractivity contribution in [3.63, 3.8) is 0 Å². The van der Waals surface area contributed by atoms with Crippen molar-refractivity contribution in [1.82, 2.24) is 4.90 Å². The van der Waals surface area contributed by atoms with Crippen molar-refractivity contribution < 1.29 is 17.9 Å². The van der Waals surface area contributed by atoms with Crippen molar-refractivity contribution in [3.8, 4) is 5.75 Å². The second-order valence-corrected chi connectivity index (χ2v) is 9.37. The summed E-state index contributed by atoms with van der Waals surface area (Å²) in [5, 5.41) is 0. The van der Waals surface area contributed by atoms with Crippen molar-refractivity contribution in [2.45, 2.75) is 43.5 Å². The van der Waals surface area contributed by atoms with Crippen LogP contribution in [0.4, 0.5) is 0 Å². The van der Waals surface area contributed by atoms with Crippen LogP contribution in [0.15, 0.2) is 53.4 Å². The summed E-state index contributed by atoms with van der Waals surface area (Å²) in [4.78, 5) is 14.9. The predicted molar refractivity (Wildman–Crippen MR) is 109 cm³/mol. The van der Waals surface area contributed by atoms with E-state index in [2.05, 4.69) is 31.2 Å². The Balaban J connectivity index is 1.48. The van der Waals surface area contributed by atoms with Crippen LogP contribution < -0.4 is 4.74 Å². The van der Waals surface area contributed by atoms with Gasteiger partial charge in [-0.3, -0.25) is 4.79 Å². The maximum absolute atomic E-state index is 12.7. The number of sulfone groups is 1. The normalized spacial score (nSPS) is 16.9. The van der Waals surface area contributed by atoms with Gasteiger partial charge in [-0.1, -0.05) is 29.8 Å². The molecule has 1 aliphatic rings. The Labute approximate surface area is 167 Å². The average Bonchev–Trinajstić information content (AvgIpc) is 3.15. The van der Waals surface area contributed by atoms with Crippen LogP contribution in [0.5, 0.6) is 5.75 Å². The van der Waals surface area contributed by atoms with E-state index in [4.69, 9.17) is 4.74 Å². The van der Waals surface area contributed by atoms with Crippen molar-refractivity contribution in [3.05, 3.63) is 59.7 Å². The third-order valence-electron chi connectivity index (χ3n) is 5.09. The van der Waals surface area contributed by atoms with Crippen LogP contribution >= 0.6 is 0 Å². The highest BCUT2D eigenvalue weighted by Crippen LogP contribution is 2.32. The first-order valence-electron chi connectivity index (χ1n) is 9.63. The molecule has 0 bridgehead atoms. The second kappa shape index (κ2) is 8.78. The number of carbonyl (C=O) groups excluding carboxylic acids is 1. The van der Waals surface area contributed by atoms with E-state index in [1.807, 2.05) is 4.90 Å². The minimum Gasteiger partial charge on any atom is -0.494 e. The summed E-state index contributed by atoms with van der Waals surface area (Å²) >= 11 is 0. The van der Waals surface area contributed by atoms with E-state index in [-0.39, 0.29) is 16.8 Å². The molecule has 0 N–H and O–H groups in total. The van der Waals surface area contributed by atoms with E-state index in [0.717, 1.165) is 19.4 Å². The third kappa shape index (κ3) is 5.13. The van der Waals surface area contributed by atoms with E-state index in [1.54, 1.807) is 12.1 Å². The zero-order valence-corrected chi connectivity index (χ0v) is 17.2. The first kappa shape index (κ1) is 20.4. The molecule has 1 atom stereocenters. The van der Waals surface area contributed by atoms with E-state index in [0.29, 0.717) is 25.2 Å². The van der Waals surface area contributed by atoms with Gasteiger partial charge in [-0.15, -0.1) is 0 Å². The molecule has 0 saturated carbocycles. The second-order valence-electron chi connectivity index (χ2n) is 7.35. The molecule has 1 amide bonds. The van der Waals surface area contributed by atoms with E-state index < -0.39 is 9.84 Å². The molecule has 1 unspecified atom stereocenters. The lowest BCUT2D eigenvalue weighted by atomic mass is 10.0. The van der Waals surface area contributed by atoms with Crippen LogP contribution in [0.3, 0.4) is 0 Å². The fraction of sp³-hybridized carbons (Fsp3) is 0.409. The standard InChI is InChI=1S/C22H27NO4S/c1-17-7-9-18(10-8-17)21-5-3-15-23(21)22(24)6-4-16-27-19-11-13-20(14-12-19)28(2,25)26/h7-14,21H,3-6,15-16H2,1-2H3. The molecule has 6 heteroatoms. The lowest BCUT2D eigenvalue weighted by Crippen LogP contribution is -2.30. The van der Waals surface area contributed by atoms with Crippen molar-refractivity contribution in [2.24, 2.45) is 0 Å². The molecule has 3 rings (SSSR count). The molecule has 1 heterocycles. The van der Waals surface area contributed by atoms with Crippen LogP contribution in [-0.4, -0.2) is 38.6 Å². The van der Waals surface area contributed by atoms with Gasteiger partial charge in [0.25, 0.3) is 0 Å². The number of benzene rings is 2. The first-order chi connectivity index (χ1) is 13.3. The van der Waals surface area contributed by atoms with Gasteiger partial charge in [-0.05, 0) is 56.0 Å². The number of nitrogens with zero attached hydrogens (tertiary/aromatic N) is 1. The summed E-state index contributed by atoms with van der Waals surface area (Å²) < 4.78 is 28.6. The van der Waals surface area contributed by atoms with Gasteiger partial charge < -0.3 is 9.64 Å². The highest BCUT2D eigenvalue weighted by atomic mass is 32.2. The lowest BCUT2D eigenvalue weighted by molar-refractivity contribution is -0.132. The minimum atomic E-state index is -3.20. The number of aryl methyl sites for hydroxylation is 1. The average molecular weight is 402 g/mol. The maximum Gasteiger partial charge on any atom is 0.223 e. The summed E-state index contributed by atoms with van der Waals surface area (Å²) in [7, 11) is -3.20. The molecule has 1 saturated heterocycles. The Hall–Kier alpha value is -2.34. The highest BCUT2D eigenvalue weighted by molar-refractivity contribution is 7.90. The van der Waals surface area contributed by atoms with Gasteiger partial charge in [0.05, 0.1) is 17.5 Å². The van der Waals surface area contributed by atoms with Gasteiger partial charge in [-0.2, -0.15) is 0 Å². The minimum absolute atomic E-state index is 0.166. The molecule has 5 nitrogen and oxygen atoms in total. The lowest BCUT2D eigenvalue weighted by Gasteiger charge is -2.25. The number of amides is 1. The van der Waals surface area contributed by atoms with Gasteiger partial charge in [0.2, 0.25) is 5.91 Å². The Morgan fingerprint density at radius 3 is 2.43 bits per heavy atom. The summed E-state index contributed by atoms with van der Waals surface area (Å²) in [5.74, 6) is 0.776. The molecular formula is C22H27NO4S. The van der Waals surface area contributed by atoms with Crippen LogP contribution in [0.1, 0.15) is 42.9 Å². The first-order valence-corrected chi connectivity index (χ1v) is 11.5. The molecule has 0 radical (unpaired) electrons. The van der Waals surface area contributed by atoms with Crippen molar-refractivity contribution >= 4 is 15.7 Å². The van der Waals surface area contributed by atoms with E-state index >= 15 is 0 Å². The summed E-state index contributed by atoms with van der Waals surface area (Å²) in [6.07, 6.45) is 4.30. The molecule has 0 spiro atoms. The van der Waals surface area contributed by atoms with Crippen LogP contribution in [0.25, 0.3) is 0 Å². The van der Waals surface area contributed by atoms with E-state index in [9.17, 15) is 13.2 Å². The molecule has 0 aromatic heterocycles. The van der Waals surface area contributed by atoms with Crippen LogP contribution in [0.2, 0.25) is 0 Å². The highest BCUT2D eigenvalue weighted by Gasteiger charge is 2.29. The quantitative estimate of drug-likeness (QED) is 0.660. The molecule has 1 fully saturated rings. The van der Waals surface area contributed by atoms with Gasteiger partial charge >= 0.3 is 0 Å². The summed E-state index contributed by atoms with van der Waals surface area (Å²) in [5.41, 5.74) is 2.43. The van der Waals surface area contributed by atoms with Crippen molar-refractivity contribution in [2.75, 3.05) is 19.4 Å². The zero-order chi connectivity index (χ0) is 20.1. The molecule has 2 aromatic carbocycles. The van der Waals surface area contributed by atoms with Gasteiger partial charge in [0.1, 0.15) is 5.75 Å². The number of hydrogen-bond acceptors (Lipinski definition) is 4. The van der Waals surface area contributed by atoms with E-state index in [1.165, 1.54) is 29.5 Å². The Morgan fingerprint density at radius 1 is 1.11 bits per heavy atom. The Morgan fingerprint density at radius 2 is 1.79 bits per heavy atom. The van der Waals surface area contributed by atoms with Crippen LogP contribution in [0, 0.1) is 6.92 Å². The summed E-state index contributed by atoms with van der Waals surface area (Å²) in [6, 6.07) is 15.0. The SMILES string of the molecule is Cc1ccc(C2CCCN2C(=O)CCCOc2ccc(S(C)(=O)=O)cc2)cc1. The number of carbonyl (C=O) groups is 1. The predicted octanol–water partition coefficient (Wildman–Crippen LogP) is 3.92. The molecule has 28 heavy (non-hydrogen) atoms. The smallest absolute Gasteiger partial charge is 0.223 e. The number of hydrogen-bond donors (Lipinski definition) is 0. The number of rotatable bonds is 7. The summed E-state index contributed by atoms with van der Waals surface area (Å²) in [6.45, 7) is 3.30. The fourth-order valence-corrected chi connectivity index (χ4v) is 4.17. The monoisotopic (exact) mass is 401 g/mol. The number of ether oxygens (including phenoxy) is 1. The molecule has 1 aliphatic heterocycles. The van der Waals surface area contributed by atoms with Crippen molar-refractivity contribution in [1.29, 1.82) is 0 Å². The topological polar surface area (TPSA) is 63.7 Å². The fourth-order valence-electron chi connectivity index (χ4n) is 3.54. The Kier molecular flexibility index (Phi) is 6.39. The van der Waals surface area contributed by atoms with Crippen LogP contribution in [-0.2, 0) is 14.6 Å². The zero-order valence-electron chi connectivity index (χ0n) is 16.4. The maximum atomic E-state index is 12.7. The van der Waals surface area contributed by atoms with Gasteiger partial charge in [-0.25, -0.2) is 8.42 Å². The molecule has 0 aliphatic carbocycles. The largest absolute Gasteiger partial charge is 0.494 e. The molecule has 150 valence electrons. The Bertz CT molecular complexity index is 905. The number of likely N-dealkylation sites (tertiary alicyclic amines) is 1. The van der Waals surface area contributed by atoms with Gasteiger partial charge in [0.15, 0.2) is 9.84 Å². The third-order valence-corrected chi connectivity index (χ3v) is 6.22. The molecular weight excluding hydrogens is 374 g/mol.